The maximum absolute atomic E-state index is 12.1. The van der Waals surface area contributed by atoms with Gasteiger partial charge in [0.15, 0.2) is 0 Å². The summed E-state index contributed by atoms with van der Waals surface area (Å²) in [6.45, 7) is 4.91. The molecule has 0 aliphatic heterocycles. The van der Waals surface area contributed by atoms with Crippen molar-refractivity contribution in [2.45, 2.75) is 39.5 Å². The van der Waals surface area contributed by atoms with Crippen molar-refractivity contribution < 1.29 is 14.8 Å². The van der Waals surface area contributed by atoms with Crippen LogP contribution in [0.2, 0.25) is 5.02 Å². The Labute approximate surface area is 131 Å². The third-order valence-electron chi connectivity index (χ3n) is 3.63. The number of carbonyl (C=O) groups excluding carboxylic acids is 1. The van der Waals surface area contributed by atoms with E-state index in [0.717, 1.165) is 25.7 Å². The van der Waals surface area contributed by atoms with Gasteiger partial charge >= 0.3 is 7.12 Å². The molecule has 0 spiro atoms. The van der Waals surface area contributed by atoms with Crippen molar-refractivity contribution >= 4 is 30.1 Å². The van der Waals surface area contributed by atoms with Crippen molar-refractivity contribution in [2.24, 2.45) is 5.92 Å². The van der Waals surface area contributed by atoms with Crippen LogP contribution in [0.15, 0.2) is 18.2 Å². The molecule has 0 heterocycles. The molecular formula is C15H23BClNO3. The number of halogens is 1. The summed E-state index contributed by atoms with van der Waals surface area (Å²) in [7, 11) is -1.68. The van der Waals surface area contributed by atoms with Crippen LogP contribution in [0.3, 0.4) is 0 Å². The van der Waals surface area contributed by atoms with Crippen molar-refractivity contribution in [3.05, 3.63) is 28.8 Å². The molecule has 0 saturated heterocycles. The quantitative estimate of drug-likeness (QED) is 0.643. The zero-order valence-corrected chi connectivity index (χ0v) is 13.4. The number of benzene rings is 1. The van der Waals surface area contributed by atoms with E-state index in [1.165, 1.54) is 12.1 Å². The highest BCUT2D eigenvalue weighted by molar-refractivity contribution is 6.62. The zero-order chi connectivity index (χ0) is 15.8. The molecular weight excluding hydrogens is 288 g/mol. The molecule has 4 nitrogen and oxygen atoms in total. The Morgan fingerprint density at radius 2 is 2.10 bits per heavy atom. The third-order valence-corrected chi connectivity index (χ3v) is 3.98. The Balaban J connectivity index is 2.65. The first-order chi connectivity index (χ1) is 9.99. The number of hydrogen-bond donors (Lipinski definition) is 3. The summed E-state index contributed by atoms with van der Waals surface area (Å²) in [5, 5.41) is 21.5. The molecule has 1 amide bonds. The lowest BCUT2D eigenvalue weighted by molar-refractivity contribution is 0.0946. The Kier molecular flexibility index (Phi) is 7.79. The molecule has 1 atom stereocenters. The average Bonchev–Trinajstić information content (AvgIpc) is 2.47. The molecule has 21 heavy (non-hydrogen) atoms. The number of amides is 1. The Morgan fingerprint density at radius 1 is 1.38 bits per heavy atom. The SMILES string of the molecule is CCCC[C@H](CC)CNC(=O)c1ccc(Cl)c(B(O)O)c1. The van der Waals surface area contributed by atoms with E-state index in [4.69, 9.17) is 11.6 Å². The van der Waals surface area contributed by atoms with Gasteiger partial charge in [-0.25, -0.2) is 0 Å². The minimum Gasteiger partial charge on any atom is -0.423 e. The largest absolute Gasteiger partial charge is 0.489 e. The van der Waals surface area contributed by atoms with E-state index in [9.17, 15) is 14.8 Å². The van der Waals surface area contributed by atoms with E-state index in [-0.39, 0.29) is 16.4 Å². The number of unbranched alkanes of at least 4 members (excludes halogenated alkanes) is 1. The molecule has 0 bridgehead atoms. The summed E-state index contributed by atoms with van der Waals surface area (Å²) >= 11 is 5.85. The van der Waals surface area contributed by atoms with Gasteiger partial charge in [0.1, 0.15) is 0 Å². The van der Waals surface area contributed by atoms with Crippen molar-refractivity contribution in [3.8, 4) is 0 Å². The van der Waals surface area contributed by atoms with Gasteiger partial charge < -0.3 is 15.4 Å². The fraction of sp³-hybridized carbons (Fsp3) is 0.533. The number of rotatable bonds is 8. The molecule has 116 valence electrons. The van der Waals surface area contributed by atoms with E-state index in [0.29, 0.717) is 18.0 Å². The van der Waals surface area contributed by atoms with Gasteiger partial charge in [0.05, 0.1) is 0 Å². The first-order valence-electron chi connectivity index (χ1n) is 7.43. The number of nitrogens with one attached hydrogen (secondary N) is 1. The second-order valence-electron chi connectivity index (χ2n) is 5.24. The lowest BCUT2D eigenvalue weighted by Crippen LogP contribution is -2.34. The topological polar surface area (TPSA) is 69.6 Å². The predicted octanol–water partition coefficient (Wildman–Crippen LogP) is 1.97. The van der Waals surface area contributed by atoms with Gasteiger partial charge in [-0.15, -0.1) is 0 Å². The highest BCUT2D eigenvalue weighted by atomic mass is 35.5. The van der Waals surface area contributed by atoms with Crippen molar-refractivity contribution in [1.82, 2.24) is 5.32 Å². The molecule has 1 rings (SSSR count). The molecule has 6 heteroatoms. The maximum Gasteiger partial charge on any atom is 0.489 e. The monoisotopic (exact) mass is 311 g/mol. The molecule has 0 aromatic heterocycles. The van der Waals surface area contributed by atoms with Gasteiger partial charge in [-0.2, -0.15) is 0 Å². The van der Waals surface area contributed by atoms with E-state index >= 15 is 0 Å². The van der Waals surface area contributed by atoms with Crippen molar-refractivity contribution in [3.63, 3.8) is 0 Å². The summed E-state index contributed by atoms with van der Waals surface area (Å²) in [6.07, 6.45) is 4.45. The Morgan fingerprint density at radius 3 is 2.67 bits per heavy atom. The van der Waals surface area contributed by atoms with Crippen LogP contribution in [-0.2, 0) is 0 Å². The lowest BCUT2D eigenvalue weighted by Gasteiger charge is -2.15. The van der Waals surface area contributed by atoms with Gasteiger partial charge in [-0.1, -0.05) is 44.7 Å². The molecule has 0 unspecified atom stereocenters. The van der Waals surface area contributed by atoms with Gasteiger partial charge in [0, 0.05) is 22.6 Å². The molecule has 0 aliphatic rings. The van der Waals surface area contributed by atoms with Crippen molar-refractivity contribution in [1.29, 1.82) is 0 Å². The summed E-state index contributed by atoms with van der Waals surface area (Å²) < 4.78 is 0. The van der Waals surface area contributed by atoms with Crippen LogP contribution in [0, 0.1) is 5.92 Å². The summed E-state index contributed by atoms with van der Waals surface area (Å²) in [5.41, 5.74) is 0.523. The van der Waals surface area contributed by atoms with Crippen LogP contribution < -0.4 is 10.8 Å². The van der Waals surface area contributed by atoms with Gasteiger partial charge in [0.25, 0.3) is 5.91 Å². The molecule has 0 radical (unpaired) electrons. The second kappa shape index (κ2) is 9.08. The number of hydrogen-bond acceptors (Lipinski definition) is 3. The van der Waals surface area contributed by atoms with E-state index in [2.05, 4.69) is 19.2 Å². The smallest absolute Gasteiger partial charge is 0.423 e. The molecule has 1 aromatic carbocycles. The molecule has 3 N–H and O–H groups in total. The zero-order valence-electron chi connectivity index (χ0n) is 12.6. The van der Waals surface area contributed by atoms with Crippen LogP contribution in [0.1, 0.15) is 49.9 Å². The van der Waals surface area contributed by atoms with Crippen LogP contribution in [0.5, 0.6) is 0 Å². The van der Waals surface area contributed by atoms with Gasteiger partial charge in [-0.3, -0.25) is 4.79 Å². The standard InChI is InChI=1S/C15H23BClNO3/c1-3-5-6-11(4-2)10-18-15(19)12-7-8-14(17)13(9-12)16(20)21/h7-9,11,20-21H,3-6,10H2,1-2H3,(H,18,19)/t11-/m0/s1. The molecule has 0 saturated carbocycles. The highest BCUT2D eigenvalue weighted by Crippen LogP contribution is 2.12. The van der Waals surface area contributed by atoms with E-state index in [1.807, 2.05) is 0 Å². The van der Waals surface area contributed by atoms with Crippen LogP contribution in [0.25, 0.3) is 0 Å². The van der Waals surface area contributed by atoms with Crippen molar-refractivity contribution in [2.75, 3.05) is 6.54 Å². The lowest BCUT2D eigenvalue weighted by atomic mass is 9.79. The van der Waals surface area contributed by atoms with Crippen LogP contribution in [0.4, 0.5) is 0 Å². The highest BCUT2D eigenvalue weighted by Gasteiger charge is 2.18. The summed E-state index contributed by atoms with van der Waals surface area (Å²) in [6, 6.07) is 4.49. The van der Waals surface area contributed by atoms with Gasteiger partial charge in [0.2, 0.25) is 0 Å². The minimum atomic E-state index is -1.68. The maximum atomic E-state index is 12.1. The molecule has 0 fully saturated rings. The first-order valence-corrected chi connectivity index (χ1v) is 7.81. The van der Waals surface area contributed by atoms with Crippen LogP contribution in [-0.4, -0.2) is 29.6 Å². The second-order valence-corrected chi connectivity index (χ2v) is 5.64. The average molecular weight is 312 g/mol. The normalized spacial score (nSPS) is 12.0. The third kappa shape index (κ3) is 5.69. The molecule has 0 aliphatic carbocycles. The van der Waals surface area contributed by atoms with E-state index < -0.39 is 7.12 Å². The predicted molar refractivity (Wildman–Crippen MR) is 86.9 cm³/mol. The summed E-state index contributed by atoms with van der Waals surface area (Å²) in [4.78, 5) is 12.1. The first kappa shape index (κ1) is 18.0. The van der Waals surface area contributed by atoms with Crippen LogP contribution >= 0.6 is 11.6 Å². The Bertz CT molecular complexity index is 468. The summed E-state index contributed by atoms with van der Waals surface area (Å²) in [5.74, 6) is 0.257. The minimum absolute atomic E-state index is 0.141. The number of carbonyl (C=O) groups is 1. The Hall–Kier alpha value is -1.04. The van der Waals surface area contributed by atoms with Gasteiger partial charge in [-0.05, 0) is 30.5 Å². The van der Waals surface area contributed by atoms with E-state index in [1.54, 1.807) is 6.07 Å². The fourth-order valence-electron chi connectivity index (χ4n) is 2.17. The fourth-order valence-corrected chi connectivity index (χ4v) is 2.38. The molecule has 1 aromatic rings.